The average Bonchev–Trinajstić information content (AvgIpc) is 2.35. The number of aromatic nitrogens is 1. The molecule has 0 saturated heterocycles. The van der Waals surface area contributed by atoms with Gasteiger partial charge in [-0.2, -0.15) is 0 Å². The number of anilines is 1. The van der Waals surface area contributed by atoms with Gasteiger partial charge in [0.15, 0.2) is 0 Å². The second-order valence-corrected chi connectivity index (χ2v) is 4.15. The summed E-state index contributed by atoms with van der Waals surface area (Å²) in [6.07, 6.45) is 1.72. The van der Waals surface area contributed by atoms with E-state index in [0.717, 1.165) is 5.69 Å². The first-order chi connectivity index (χ1) is 8.16. The normalized spacial score (nSPS) is 12.2. The van der Waals surface area contributed by atoms with Crippen molar-refractivity contribution in [1.82, 2.24) is 4.98 Å². The molecule has 2 aromatic rings. The van der Waals surface area contributed by atoms with E-state index in [2.05, 4.69) is 10.3 Å². The van der Waals surface area contributed by atoms with Gasteiger partial charge in [0.2, 0.25) is 0 Å². The molecule has 4 heteroatoms. The van der Waals surface area contributed by atoms with E-state index < -0.39 is 0 Å². The SMILES string of the molecule is CC(Nc1cc(F)ccc1Cl)c1ccccn1. The Hall–Kier alpha value is -1.61. The first kappa shape index (κ1) is 11.9. The lowest BCUT2D eigenvalue weighted by Crippen LogP contribution is -2.08. The third kappa shape index (κ3) is 2.94. The Balaban J connectivity index is 2.18. The fourth-order valence-corrected chi connectivity index (χ4v) is 1.72. The fourth-order valence-electron chi connectivity index (χ4n) is 1.55. The van der Waals surface area contributed by atoms with Gasteiger partial charge in [0.05, 0.1) is 22.4 Å². The summed E-state index contributed by atoms with van der Waals surface area (Å²) in [7, 11) is 0. The predicted molar refractivity (Wildman–Crippen MR) is 67.7 cm³/mol. The molecule has 17 heavy (non-hydrogen) atoms. The minimum Gasteiger partial charge on any atom is -0.376 e. The van der Waals surface area contributed by atoms with E-state index in [1.807, 2.05) is 25.1 Å². The highest BCUT2D eigenvalue weighted by molar-refractivity contribution is 6.33. The lowest BCUT2D eigenvalue weighted by molar-refractivity contribution is 0.628. The number of hydrogen-bond acceptors (Lipinski definition) is 2. The quantitative estimate of drug-likeness (QED) is 0.889. The summed E-state index contributed by atoms with van der Waals surface area (Å²) in [4.78, 5) is 4.23. The molecule has 0 aliphatic heterocycles. The standard InChI is InChI=1S/C13H12ClFN2/c1-9(12-4-2-3-7-16-12)17-13-8-10(15)5-6-11(13)14/h2-9,17H,1H3. The molecule has 2 nitrogen and oxygen atoms in total. The first-order valence-electron chi connectivity index (χ1n) is 5.29. The summed E-state index contributed by atoms with van der Waals surface area (Å²) < 4.78 is 13.1. The topological polar surface area (TPSA) is 24.9 Å². The number of pyridine rings is 1. The van der Waals surface area contributed by atoms with Crippen molar-refractivity contribution in [3.8, 4) is 0 Å². The van der Waals surface area contributed by atoms with Gasteiger partial charge in [-0.1, -0.05) is 17.7 Å². The Morgan fingerprint density at radius 2 is 2.12 bits per heavy atom. The van der Waals surface area contributed by atoms with E-state index >= 15 is 0 Å². The number of nitrogens with one attached hydrogen (secondary N) is 1. The molecule has 0 spiro atoms. The molecule has 0 fully saturated rings. The van der Waals surface area contributed by atoms with Crippen molar-refractivity contribution in [3.05, 3.63) is 59.1 Å². The molecule has 1 aromatic carbocycles. The molecule has 1 heterocycles. The molecule has 2 rings (SSSR count). The van der Waals surface area contributed by atoms with Crippen LogP contribution in [-0.4, -0.2) is 4.98 Å². The number of benzene rings is 1. The Morgan fingerprint density at radius 3 is 2.82 bits per heavy atom. The second-order valence-electron chi connectivity index (χ2n) is 3.74. The smallest absolute Gasteiger partial charge is 0.125 e. The molecule has 1 atom stereocenters. The zero-order valence-electron chi connectivity index (χ0n) is 9.32. The van der Waals surface area contributed by atoms with Gasteiger partial charge in [0.1, 0.15) is 5.82 Å². The van der Waals surface area contributed by atoms with Crippen LogP contribution in [0.15, 0.2) is 42.6 Å². The van der Waals surface area contributed by atoms with E-state index in [-0.39, 0.29) is 11.9 Å². The van der Waals surface area contributed by atoms with Gasteiger partial charge < -0.3 is 5.32 Å². The number of hydrogen-bond donors (Lipinski definition) is 1. The van der Waals surface area contributed by atoms with Crippen molar-refractivity contribution in [2.24, 2.45) is 0 Å². The molecule has 88 valence electrons. The van der Waals surface area contributed by atoms with Crippen molar-refractivity contribution in [1.29, 1.82) is 0 Å². The molecule has 0 aliphatic rings. The van der Waals surface area contributed by atoms with Crippen LogP contribution in [0.4, 0.5) is 10.1 Å². The van der Waals surface area contributed by atoms with Gasteiger partial charge in [0, 0.05) is 6.20 Å². The number of rotatable bonds is 3. The molecule has 0 amide bonds. The van der Waals surface area contributed by atoms with Crippen molar-refractivity contribution in [2.45, 2.75) is 13.0 Å². The van der Waals surface area contributed by atoms with Gasteiger partial charge in [-0.05, 0) is 37.3 Å². The van der Waals surface area contributed by atoms with Gasteiger partial charge in [-0.15, -0.1) is 0 Å². The van der Waals surface area contributed by atoms with Gasteiger partial charge in [0.25, 0.3) is 0 Å². The van der Waals surface area contributed by atoms with E-state index in [1.165, 1.54) is 18.2 Å². The van der Waals surface area contributed by atoms with Gasteiger partial charge >= 0.3 is 0 Å². The summed E-state index contributed by atoms with van der Waals surface area (Å²) in [6.45, 7) is 1.95. The Labute approximate surface area is 104 Å². The van der Waals surface area contributed by atoms with Crippen molar-refractivity contribution in [3.63, 3.8) is 0 Å². The summed E-state index contributed by atoms with van der Waals surface area (Å²) in [5, 5.41) is 3.63. The summed E-state index contributed by atoms with van der Waals surface area (Å²) in [5.41, 5.74) is 1.46. The molecule has 0 radical (unpaired) electrons. The van der Waals surface area contributed by atoms with Crippen LogP contribution in [0.25, 0.3) is 0 Å². The van der Waals surface area contributed by atoms with Crippen LogP contribution < -0.4 is 5.32 Å². The molecular weight excluding hydrogens is 239 g/mol. The third-order valence-electron chi connectivity index (χ3n) is 2.43. The minimum absolute atomic E-state index is 0.0319. The molecular formula is C13H12ClFN2. The summed E-state index contributed by atoms with van der Waals surface area (Å²) >= 11 is 5.98. The van der Waals surface area contributed by atoms with Crippen LogP contribution in [0.3, 0.4) is 0 Å². The van der Waals surface area contributed by atoms with Gasteiger partial charge in [-0.3, -0.25) is 4.98 Å². The van der Waals surface area contributed by atoms with Crippen molar-refractivity contribution >= 4 is 17.3 Å². The second kappa shape index (κ2) is 5.15. The maximum absolute atomic E-state index is 13.1. The Morgan fingerprint density at radius 1 is 1.29 bits per heavy atom. The zero-order valence-corrected chi connectivity index (χ0v) is 10.1. The van der Waals surface area contributed by atoms with Crippen LogP contribution >= 0.6 is 11.6 Å². The monoisotopic (exact) mass is 250 g/mol. The van der Waals surface area contributed by atoms with Crippen LogP contribution in [0.2, 0.25) is 5.02 Å². The summed E-state index contributed by atoms with van der Waals surface area (Å²) in [6, 6.07) is 9.88. The fraction of sp³-hybridized carbons (Fsp3) is 0.154. The number of halogens is 2. The van der Waals surface area contributed by atoms with Gasteiger partial charge in [-0.25, -0.2) is 4.39 Å². The summed E-state index contributed by atoms with van der Waals surface area (Å²) in [5.74, 6) is -0.315. The van der Waals surface area contributed by atoms with Crippen molar-refractivity contribution in [2.75, 3.05) is 5.32 Å². The van der Waals surface area contributed by atoms with Crippen molar-refractivity contribution < 1.29 is 4.39 Å². The molecule has 1 N–H and O–H groups in total. The predicted octanol–water partition coefficient (Wildman–Crippen LogP) is 4.05. The maximum atomic E-state index is 13.1. The Bertz CT molecular complexity index is 502. The minimum atomic E-state index is -0.315. The molecule has 1 unspecified atom stereocenters. The highest BCUT2D eigenvalue weighted by Gasteiger charge is 2.09. The van der Waals surface area contributed by atoms with E-state index in [0.29, 0.717) is 10.7 Å². The molecule has 1 aromatic heterocycles. The van der Waals surface area contributed by atoms with Crippen LogP contribution in [0.5, 0.6) is 0 Å². The zero-order chi connectivity index (χ0) is 12.3. The third-order valence-corrected chi connectivity index (χ3v) is 2.76. The largest absolute Gasteiger partial charge is 0.376 e. The molecule has 0 saturated carbocycles. The lowest BCUT2D eigenvalue weighted by Gasteiger charge is -2.15. The number of nitrogens with zero attached hydrogens (tertiary/aromatic N) is 1. The highest BCUT2D eigenvalue weighted by atomic mass is 35.5. The average molecular weight is 251 g/mol. The van der Waals surface area contributed by atoms with Crippen LogP contribution in [0.1, 0.15) is 18.7 Å². The highest BCUT2D eigenvalue weighted by Crippen LogP contribution is 2.26. The molecule has 0 bridgehead atoms. The lowest BCUT2D eigenvalue weighted by atomic mass is 10.2. The maximum Gasteiger partial charge on any atom is 0.125 e. The Kier molecular flexibility index (Phi) is 3.59. The van der Waals surface area contributed by atoms with E-state index in [9.17, 15) is 4.39 Å². The van der Waals surface area contributed by atoms with Crippen LogP contribution in [0, 0.1) is 5.82 Å². The van der Waals surface area contributed by atoms with Crippen LogP contribution in [-0.2, 0) is 0 Å². The molecule has 0 aliphatic carbocycles. The van der Waals surface area contributed by atoms with E-state index in [1.54, 1.807) is 6.20 Å². The first-order valence-corrected chi connectivity index (χ1v) is 5.67. The van der Waals surface area contributed by atoms with E-state index in [4.69, 9.17) is 11.6 Å².